The number of halogens is 1. The van der Waals surface area contributed by atoms with Crippen LogP contribution < -0.4 is 0 Å². The summed E-state index contributed by atoms with van der Waals surface area (Å²) in [4.78, 5) is 5.22. The summed E-state index contributed by atoms with van der Waals surface area (Å²) in [5, 5.41) is 3.86. The molecule has 0 saturated carbocycles. The van der Waals surface area contributed by atoms with E-state index in [-0.39, 0.29) is 5.82 Å². The molecule has 2 aromatic carbocycles. The van der Waals surface area contributed by atoms with E-state index in [2.05, 4.69) is 11.7 Å². The molecule has 0 bridgehead atoms. The Morgan fingerprint density at radius 3 is 2.58 bits per heavy atom. The molecule has 0 aliphatic heterocycles. The first kappa shape index (κ1) is 13.0. The third kappa shape index (κ3) is 3.78. The first-order valence-corrected chi connectivity index (χ1v) is 5.91. The lowest BCUT2D eigenvalue weighted by molar-refractivity contribution is 0.132. The molecule has 0 N–H and O–H groups in total. The van der Waals surface area contributed by atoms with Gasteiger partial charge in [0.05, 0.1) is 6.21 Å². The zero-order valence-electron chi connectivity index (χ0n) is 10.4. The van der Waals surface area contributed by atoms with Crippen molar-refractivity contribution >= 4 is 12.3 Å². The number of hydrogen-bond acceptors (Lipinski definition) is 2. The normalized spacial score (nSPS) is 10.6. The minimum atomic E-state index is -0.266. The summed E-state index contributed by atoms with van der Waals surface area (Å²) < 4.78 is 12.7. The molecule has 0 aliphatic rings. The van der Waals surface area contributed by atoms with Gasteiger partial charge in [-0.15, -0.1) is 0 Å². The van der Waals surface area contributed by atoms with Crippen LogP contribution in [0.3, 0.4) is 0 Å². The zero-order chi connectivity index (χ0) is 13.5. The molecule has 96 valence electrons. The average Bonchev–Trinajstić information content (AvgIpc) is 2.46. The van der Waals surface area contributed by atoms with Crippen LogP contribution in [0.15, 0.2) is 60.3 Å². The van der Waals surface area contributed by atoms with Crippen LogP contribution in [-0.2, 0) is 11.4 Å². The lowest BCUT2D eigenvalue weighted by atomic mass is 10.1. The molecule has 0 atom stereocenters. The summed E-state index contributed by atoms with van der Waals surface area (Å²) in [6.45, 7) is 4.12. The minimum Gasteiger partial charge on any atom is -0.391 e. The molecule has 0 amide bonds. The van der Waals surface area contributed by atoms with Gasteiger partial charge in [-0.2, -0.15) is 0 Å². The van der Waals surface area contributed by atoms with Crippen molar-refractivity contribution < 1.29 is 9.23 Å². The topological polar surface area (TPSA) is 21.6 Å². The van der Waals surface area contributed by atoms with Crippen LogP contribution in [0.25, 0.3) is 6.08 Å². The monoisotopic (exact) mass is 255 g/mol. The molecular weight excluding hydrogens is 241 g/mol. The second-order valence-electron chi connectivity index (χ2n) is 3.96. The molecule has 3 heteroatoms. The molecule has 0 aliphatic carbocycles. The summed E-state index contributed by atoms with van der Waals surface area (Å²) in [5.74, 6) is -0.266. The van der Waals surface area contributed by atoms with Gasteiger partial charge in [-0.05, 0) is 28.8 Å². The fourth-order valence-corrected chi connectivity index (χ4v) is 1.62. The van der Waals surface area contributed by atoms with Gasteiger partial charge in [0.15, 0.2) is 0 Å². The average molecular weight is 255 g/mol. The van der Waals surface area contributed by atoms with E-state index in [9.17, 15) is 4.39 Å². The van der Waals surface area contributed by atoms with E-state index in [1.54, 1.807) is 24.4 Å². The van der Waals surface area contributed by atoms with Gasteiger partial charge in [0.1, 0.15) is 12.4 Å². The standard InChI is InChI=1S/C16H14FNO/c1-2-14-5-3-4-6-15(14)12-19-18-11-13-7-9-16(17)10-8-13/h2-11H,1,12H2. The number of rotatable bonds is 5. The van der Waals surface area contributed by atoms with Crippen molar-refractivity contribution in [1.82, 2.24) is 0 Å². The van der Waals surface area contributed by atoms with Gasteiger partial charge in [-0.25, -0.2) is 4.39 Å². The molecule has 0 fully saturated rings. The quantitative estimate of drug-likeness (QED) is 0.584. The van der Waals surface area contributed by atoms with Crippen LogP contribution >= 0.6 is 0 Å². The van der Waals surface area contributed by atoms with Gasteiger partial charge in [0.25, 0.3) is 0 Å². The van der Waals surface area contributed by atoms with E-state index in [0.717, 1.165) is 16.7 Å². The SMILES string of the molecule is C=Cc1ccccc1CON=Cc1ccc(F)cc1. The first-order valence-electron chi connectivity index (χ1n) is 5.91. The first-order chi connectivity index (χ1) is 9.29. The highest BCUT2D eigenvalue weighted by molar-refractivity contribution is 5.78. The molecule has 2 nitrogen and oxygen atoms in total. The van der Waals surface area contributed by atoms with Crippen LogP contribution in [0.2, 0.25) is 0 Å². The Morgan fingerprint density at radius 1 is 1.11 bits per heavy atom. The molecule has 2 aromatic rings. The molecule has 0 heterocycles. The Morgan fingerprint density at radius 2 is 1.84 bits per heavy atom. The molecule has 0 unspecified atom stereocenters. The molecule has 0 saturated heterocycles. The van der Waals surface area contributed by atoms with Crippen LogP contribution in [-0.4, -0.2) is 6.21 Å². The maximum atomic E-state index is 12.7. The van der Waals surface area contributed by atoms with E-state index >= 15 is 0 Å². The van der Waals surface area contributed by atoms with Gasteiger partial charge in [0.2, 0.25) is 0 Å². The largest absolute Gasteiger partial charge is 0.391 e. The van der Waals surface area contributed by atoms with E-state index in [0.29, 0.717) is 6.61 Å². The summed E-state index contributed by atoms with van der Waals surface area (Å²) in [5.41, 5.74) is 2.84. The van der Waals surface area contributed by atoms with E-state index < -0.39 is 0 Å². The van der Waals surface area contributed by atoms with Gasteiger partial charge in [-0.3, -0.25) is 0 Å². The summed E-state index contributed by atoms with van der Waals surface area (Å²) in [7, 11) is 0. The van der Waals surface area contributed by atoms with Crippen molar-refractivity contribution in [3.05, 3.63) is 77.6 Å². The van der Waals surface area contributed by atoms with Crippen molar-refractivity contribution in [2.45, 2.75) is 6.61 Å². The highest BCUT2D eigenvalue weighted by Gasteiger charge is 1.97. The number of benzene rings is 2. The third-order valence-electron chi connectivity index (χ3n) is 2.64. The zero-order valence-corrected chi connectivity index (χ0v) is 10.4. The Kier molecular flexibility index (Phi) is 4.45. The second-order valence-corrected chi connectivity index (χ2v) is 3.96. The fourth-order valence-electron chi connectivity index (χ4n) is 1.62. The Balaban J connectivity index is 1.93. The number of oxime groups is 1. The Labute approximate surface area is 111 Å². The Bertz CT molecular complexity index is 576. The summed E-state index contributed by atoms with van der Waals surface area (Å²) >= 11 is 0. The smallest absolute Gasteiger partial charge is 0.142 e. The predicted octanol–water partition coefficient (Wildman–Crippen LogP) is 4.02. The predicted molar refractivity (Wildman–Crippen MR) is 75.3 cm³/mol. The fraction of sp³-hybridized carbons (Fsp3) is 0.0625. The lowest BCUT2D eigenvalue weighted by Crippen LogP contribution is -1.91. The van der Waals surface area contributed by atoms with Crippen molar-refractivity contribution in [1.29, 1.82) is 0 Å². The summed E-state index contributed by atoms with van der Waals surface area (Å²) in [6, 6.07) is 13.9. The van der Waals surface area contributed by atoms with Gasteiger partial charge < -0.3 is 4.84 Å². The third-order valence-corrected chi connectivity index (χ3v) is 2.64. The highest BCUT2D eigenvalue weighted by Crippen LogP contribution is 2.11. The van der Waals surface area contributed by atoms with Crippen LogP contribution in [0.4, 0.5) is 4.39 Å². The van der Waals surface area contributed by atoms with Gasteiger partial charge in [0, 0.05) is 0 Å². The van der Waals surface area contributed by atoms with E-state index in [1.165, 1.54) is 12.1 Å². The van der Waals surface area contributed by atoms with E-state index in [4.69, 9.17) is 4.84 Å². The van der Waals surface area contributed by atoms with Crippen LogP contribution in [0.1, 0.15) is 16.7 Å². The number of hydrogen-bond donors (Lipinski definition) is 0. The van der Waals surface area contributed by atoms with Crippen LogP contribution in [0.5, 0.6) is 0 Å². The van der Waals surface area contributed by atoms with Gasteiger partial charge >= 0.3 is 0 Å². The molecule has 19 heavy (non-hydrogen) atoms. The minimum absolute atomic E-state index is 0.266. The van der Waals surface area contributed by atoms with Crippen molar-refractivity contribution in [2.24, 2.45) is 5.16 Å². The van der Waals surface area contributed by atoms with Crippen molar-refractivity contribution in [2.75, 3.05) is 0 Å². The van der Waals surface area contributed by atoms with Crippen molar-refractivity contribution in [3.63, 3.8) is 0 Å². The van der Waals surface area contributed by atoms with Crippen molar-refractivity contribution in [3.8, 4) is 0 Å². The summed E-state index contributed by atoms with van der Waals surface area (Å²) in [6.07, 6.45) is 3.33. The maximum Gasteiger partial charge on any atom is 0.142 e. The highest BCUT2D eigenvalue weighted by atomic mass is 19.1. The van der Waals surface area contributed by atoms with Gasteiger partial charge in [-0.1, -0.05) is 54.2 Å². The maximum absolute atomic E-state index is 12.7. The molecule has 0 spiro atoms. The molecular formula is C16H14FNO. The second kappa shape index (κ2) is 6.50. The van der Waals surface area contributed by atoms with Crippen LogP contribution in [0, 0.1) is 5.82 Å². The number of nitrogens with zero attached hydrogens (tertiary/aromatic N) is 1. The molecule has 0 radical (unpaired) electrons. The Hall–Kier alpha value is -2.42. The molecule has 2 rings (SSSR count). The molecule has 0 aromatic heterocycles. The van der Waals surface area contributed by atoms with E-state index in [1.807, 2.05) is 24.3 Å². The lowest BCUT2D eigenvalue weighted by Gasteiger charge is -2.03.